The smallest absolute Gasteiger partial charge is 0.462 e. The minimum atomic E-state index is -4.96. The van der Waals surface area contributed by atoms with Crippen LogP contribution < -0.4 is 0 Å². The summed E-state index contributed by atoms with van der Waals surface area (Å²) in [6.45, 7) is 12.0. The van der Waals surface area contributed by atoms with Gasteiger partial charge in [-0.1, -0.05) is 363 Å². The maximum absolute atomic E-state index is 13.1. The van der Waals surface area contributed by atoms with Crippen LogP contribution in [0.15, 0.2) is 0 Å². The van der Waals surface area contributed by atoms with E-state index in [9.17, 15) is 43.2 Å². The Bertz CT molecular complexity index is 1920. The van der Waals surface area contributed by atoms with Gasteiger partial charge < -0.3 is 33.8 Å². The van der Waals surface area contributed by atoms with E-state index in [1.807, 2.05) is 0 Å². The third kappa shape index (κ3) is 72.8. The van der Waals surface area contributed by atoms with Crippen LogP contribution in [0.5, 0.6) is 0 Å². The Morgan fingerprint density at radius 3 is 0.768 bits per heavy atom. The largest absolute Gasteiger partial charge is 0.472 e. The van der Waals surface area contributed by atoms with Crippen LogP contribution in [-0.4, -0.2) is 96.7 Å². The molecular weight excluding hydrogens is 1290 g/mol. The summed E-state index contributed by atoms with van der Waals surface area (Å²) in [5, 5.41) is 10.6. The van der Waals surface area contributed by atoms with Crippen LogP contribution >= 0.6 is 15.6 Å². The molecule has 0 aliphatic carbocycles. The van der Waals surface area contributed by atoms with Gasteiger partial charge in [-0.05, 0) is 43.4 Å². The van der Waals surface area contributed by atoms with Crippen molar-refractivity contribution in [3.63, 3.8) is 0 Å². The number of hydrogen-bond donors (Lipinski definition) is 3. The van der Waals surface area contributed by atoms with Gasteiger partial charge in [-0.15, -0.1) is 0 Å². The van der Waals surface area contributed by atoms with Gasteiger partial charge in [0.1, 0.15) is 19.3 Å². The molecular formula is C80H156O17P2. The van der Waals surface area contributed by atoms with Gasteiger partial charge in [-0.25, -0.2) is 9.13 Å². The van der Waals surface area contributed by atoms with Crippen LogP contribution in [0.3, 0.4) is 0 Å². The highest BCUT2D eigenvalue weighted by molar-refractivity contribution is 7.47. The molecule has 17 nitrogen and oxygen atoms in total. The molecule has 0 aliphatic rings. The van der Waals surface area contributed by atoms with E-state index >= 15 is 0 Å². The SMILES string of the molecule is CCCCCCCCCCCCCCCCCCCC(=O)O[C@H](COC(=O)CCCCCCCCCCCCCCC(C)C)COP(=O)(O)OC[C@@H](O)COP(=O)(O)OC[C@@H](COC(=O)CCCCCCCCCCC(C)CC)OC(=O)CCCCCCCCCCCCCCC(C)C. The summed E-state index contributed by atoms with van der Waals surface area (Å²) in [6.07, 6.45) is 58.1. The second kappa shape index (κ2) is 70.4. The lowest BCUT2D eigenvalue weighted by atomic mass is 9.99. The van der Waals surface area contributed by atoms with E-state index in [2.05, 4.69) is 48.5 Å². The molecule has 588 valence electrons. The maximum Gasteiger partial charge on any atom is 0.472 e. The Labute approximate surface area is 607 Å². The van der Waals surface area contributed by atoms with Crippen LogP contribution in [0.25, 0.3) is 0 Å². The van der Waals surface area contributed by atoms with Crippen LogP contribution in [0, 0.1) is 17.8 Å². The highest BCUT2D eigenvalue weighted by Crippen LogP contribution is 2.45. The second-order valence-electron chi connectivity index (χ2n) is 30.0. The first-order chi connectivity index (χ1) is 47.8. The number of esters is 4. The monoisotopic (exact) mass is 1450 g/mol. The first kappa shape index (κ1) is 97.1. The normalized spacial score (nSPS) is 14.3. The fraction of sp³-hybridized carbons (Fsp3) is 0.950. The molecule has 0 saturated heterocycles. The molecule has 0 aromatic carbocycles. The van der Waals surface area contributed by atoms with Gasteiger partial charge in [0.15, 0.2) is 12.2 Å². The Morgan fingerprint density at radius 1 is 0.293 bits per heavy atom. The molecule has 0 heterocycles. The van der Waals surface area contributed by atoms with Crippen molar-refractivity contribution in [3.8, 4) is 0 Å². The number of carbonyl (C=O) groups excluding carboxylic acids is 4. The summed E-state index contributed by atoms with van der Waals surface area (Å²) in [7, 11) is -9.92. The summed E-state index contributed by atoms with van der Waals surface area (Å²) in [5.41, 5.74) is 0. The molecule has 0 aromatic rings. The molecule has 0 aromatic heterocycles. The van der Waals surface area contributed by atoms with E-state index in [1.54, 1.807) is 0 Å². The number of carbonyl (C=O) groups is 4. The first-order valence-corrected chi connectivity index (χ1v) is 44.4. The molecule has 0 bridgehead atoms. The highest BCUT2D eigenvalue weighted by Gasteiger charge is 2.30. The number of ether oxygens (including phenoxy) is 4. The van der Waals surface area contributed by atoms with E-state index < -0.39 is 97.5 Å². The molecule has 0 saturated carbocycles. The molecule has 99 heavy (non-hydrogen) atoms. The Morgan fingerprint density at radius 2 is 0.515 bits per heavy atom. The maximum atomic E-state index is 13.1. The third-order valence-electron chi connectivity index (χ3n) is 19.0. The fourth-order valence-corrected chi connectivity index (χ4v) is 13.9. The molecule has 0 fully saturated rings. The van der Waals surface area contributed by atoms with E-state index in [0.29, 0.717) is 25.7 Å². The first-order valence-electron chi connectivity index (χ1n) is 41.4. The molecule has 0 spiro atoms. The van der Waals surface area contributed by atoms with Crippen molar-refractivity contribution in [1.82, 2.24) is 0 Å². The van der Waals surface area contributed by atoms with Gasteiger partial charge in [0.05, 0.1) is 26.4 Å². The van der Waals surface area contributed by atoms with E-state index in [0.717, 1.165) is 108 Å². The number of unbranched alkanes of at least 4 members (excludes halogenated alkanes) is 45. The van der Waals surface area contributed by atoms with Gasteiger partial charge in [-0.3, -0.25) is 37.3 Å². The van der Waals surface area contributed by atoms with E-state index in [4.69, 9.17) is 37.0 Å². The lowest BCUT2D eigenvalue weighted by Gasteiger charge is -2.21. The summed E-state index contributed by atoms with van der Waals surface area (Å²) in [6, 6.07) is 0. The average Bonchev–Trinajstić information content (AvgIpc) is 1.05. The minimum Gasteiger partial charge on any atom is -0.462 e. The topological polar surface area (TPSA) is 237 Å². The molecule has 6 atom stereocenters. The second-order valence-corrected chi connectivity index (χ2v) is 32.9. The Balaban J connectivity index is 5.27. The van der Waals surface area contributed by atoms with Gasteiger partial charge in [-0.2, -0.15) is 0 Å². The van der Waals surface area contributed by atoms with E-state index in [-0.39, 0.29) is 25.7 Å². The van der Waals surface area contributed by atoms with Crippen LogP contribution in [0.4, 0.5) is 0 Å². The van der Waals surface area contributed by atoms with Crippen molar-refractivity contribution < 1.29 is 80.2 Å². The zero-order chi connectivity index (χ0) is 73.0. The predicted octanol–water partition coefficient (Wildman–Crippen LogP) is 23.7. The standard InChI is InChI=1S/C80H156O17P2/c1-8-10-11-12-13-14-15-16-17-18-19-20-28-33-42-49-56-63-79(84)96-75(67-90-77(82)61-54-47-40-32-27-23-21-25-30-37-44-51-58-71(3)4)69-94-98(86,87)92-65-74(81)66-93-99(88,89)95-70-76(68-91-78(83)62-55-48-41-36-35-39-46-53-60-73(7)9-2)97-80(85)64-57-50-43-34-29-24-22-26-31-38-45-52-59-72(5)6/h71-76,81H,8-70H2,1-7H3,(H,86,87)(H,88,89)/t73?,74-,75-,76-/m1/s1. The molecule has 3 N–H and O–H groups in total. The fourth-order valence-electron chi connectivity index (χ4n) is 12.3. The molecule has 0 amide bonds. The molecule has 0 aliphatic heterocycles. The minimum absolute atomic E-state index is 0.106. The zero-order valence-corrected chi connectivity index (χ0v) is 66.8. The lowest BCUT2D eigenvalue weighted by Crippen LogP contribution is -2.30. The zero-order valence-electron chi connectivity index (χ0n) is 65.0. The van der Waals surface area contributed by atoms with Crippen LogP contribution in [0.2, 0.25) is 0 Å². The Kier molecular flexibility index (Phi) is 69.0. The summed E-state index contributed by atoms with van der Waals surface area (Å²) in [4.78, 5) is 73.0. The number of hydrogen-bond acceptors (Lipinski definition) is 15. The van der Waals surface area contributed by atoms with Crippen molar-refractivity contribution in [2.24, 2.45) is 17.8 Å². The number of phosphoric ester groups is 2. The molecule has 0 rings (SSSR count). The number of phosphoric acid groups is 2. The number of rotatable bonds is 78. The quantitative estimate of drug-likeness (QED) is 0.0222. The van der Waals surface area contributed by atoms with Gasteiger partial charge in [0.25, 0.3) is 0 Å². The van der Waals surface area contributed by atoms with Crippen molar-refractivity contribution in [2.45, 2.75) is 433 Å². The van der Waals surface area contributed by atoms with Crippen LogP contribution in [0.1, 0.15) is 414 Å². The summed E-state index contributed by atoms with van der Waals surface area (Å²) in [5.74, 6) is 0.225. The van der Waals surface area contributed by atoms with Gasteiger partial charge in [0, 0.05) is 25.7 Å². The van der Waals surface area contributed by atoms with Crippen molar-refractivity contribution in [3.05, 3.63) is 0 Å². The summed E-state index contributed by atoms with van der Waals surface area (Å²) >= 11 is 0. The van der Waals surface area contributed by atoms with Crippen molar-refractivity contribution in [2.75, 3.05) is 39.6 Å². The van der Waals surface area contributed by atoms with Crippen molar-refractivity contribution >= 4 is 39.5 Å². The molecule has 19 heteroatoms. The lowest BCUT2D eigenvalue weighted by molar-refractivity contribution is -0.161. The third-order valence-corrected chi connectivity index (χ3v) is 20.9. The number of aliphatic hydroxyl groups is 1. The van der Waals surface area contributed by atoms with Gasteiger partial charge >= 0.3 is 39.5 Å². The summed E-state index contributed by atoms with van der Waals surface area (Å²) < 4.78 is 68.7. The highest BCUT2D eigenvalue weighted by atomic mass is 31.2. The van der Waals surface area contributed by atoms with Crippen molar-refractivity contribution in [1.29, 1.82) is 0 Å². The molecule has 0 radical (unpaired) electrons. The number of aliphatic hydroxyl groups excluding tert-OH is 1. The average molecular weight is 1450 g/mol. The molecule has 3 unspecified atom stereocenters. The van der Waals surface area contributed by atoms with Crippen LogP contribution in [-0.2, 0) is 65.4 Å². The van der Waals surface area contributed by atoms with E-state index in [1.165, 1.54) is 225 Å². The van der Waals surface area contributed by atoms with Gasteiger partial charge in [0.2, 0.25) is 0 Å². The predicted molar refractivity (Wildman–Crippen MR) is 405 cm³/mol. The Hall–Kier alpha value is -1.94.